The fraction of sp³-hybridized carbons (Fsp3) is 0.375. The lowest BCUT2D eigenvalue weighted by molar-refractivity contribution is -0.143. The highest BCUT2D eigenvalue weighted by atomic mass is 32.2. The molecule has 0 saturated carbocycles. The third kappa shape index (κ3) is 10.4. The van der Waals surface area contributed by atoms with Crippen LogP contribution in [0.5, 0.6) is 0 Å². The molecule has 0 spiro atoms. The first-order valence-electron chi connectivity index (χ1n) is 11.2. The molecule has 0 fully saturated rings. The molecule has 2 aromatic carbocycles. The topological polar surface area (TPSA) is 114 Å². The van der Waals surface area contributed by atoms with E-state index in [-0.39, 0.29) is 34.7 Å². The van der Waals surface area contributed by atoms with E-state index in [1.807, 2.05) is 37.3 Å². The fourth-order valence-electron chi connectivity index (χ4n) is 2.96. The van der Waals surface area contributed by atoms with Gasteiger partial charge >= 0.3 is 5.97 Å². The number of anilines is 1. The highest BCUT2D eigenvalue weighted by molar-refractivity contribution is 7.89. The number of carbonyl (C=O) groups excluding carboxylic acids is 2. The summed E-state index contributed by atoms with van der Waals surface area (Å²) in [5, 5.41) is 5.47. The van der Waals surface area contributed by atoms with Crippen LogP contribution in [0.25, 0.3) is 0 Å². The Morgan fingerprint density at radius 3 is 2.35 bits per heavy atom. The molecule has 3 N–H and O–H groups in total. The van der Waals surface area contributed by atoms with E-state index in [2.05, 4.69) is 15.4 Å². The van der Waals surface area contributed by atoms with Gasteiger partial charge in [0.2, 0.25) is 15.9 Å². The van der Waals surface area contributed by atoms with Gasteiger partial charge in [0, 0.05) is 25.1 Å². The van der Waals surface area contributed by atoms with Gasteiger partial charge in [-0.15, -0.1) is 0 Å². The van der Waals surface area contributed by atoms with E-state index >= 15 is 0 Å². The summed E-state index contributed by atoms with van der Waals surface area (Å²) < 4.78 is 31.9. The normalized spacial score (nSPS) is 11.0. The van der Waals surface area contributed by atoms with Gasteiger partial charge in [0.05, 0.1) is 11.5 Å². The van der Waals surface area contributed by atoms with Gasteiger partial charge in [-0.1, -0.05) is 37.3 Å². The Labute approximate surface area is 206 Å². The number of thiocarbonyl (C=S) groups is 1. The number of nitrogens with one attached hydrogen (secondary N) is 3. The predicted molar refractivity (Wildman–Crippen MR) is 136 cm³/mol. The largest absolute Gasteiger partial charge is 0.466 e. The second kappa shape index (κ2) is 14.4. The Bertz CT molecular complexity index is 1040. The first-order chi connectivity index (χ1) is 16.3. The number of amides is 1. The van der Waals surface area contributed by atoms with Crippen molar-refractivity contribution in [1.82, 2.24) is 10.0 Å². The zero-order valence-corrected chi connectivity index (χ0v) is 20.8. The van der Waals surface area contributed by atoms with Crippen molar-refractivity contribution in [3.63, 3.8) is 0 Å². The van der Waals surface area contributed by atoms with Crippen LogP contribution in [-0.4, -0.2) is 38.6 Å². The first kappa shape index (κ1) is 27.4. The van der Waals surface area contributed by atoms with Crippen LogP contribution >= 0.6 is 12.2 Å². The molecule has 0 bridgehead atoms. The van der Waals surface area contributed by atoms with Crippen molar-refractivity contribution in [2.75, 3.05) is 18.5 Å². The molecule has 184 valence electrons. The Hall–Kier alpha value is -2.82. The molecule has 0 aromatic heterocycles. The molecule has 0 unspecified atom stereocenters. The molecule has 0 radical (unpaired) electrons. The second-order valence-corrected chi connectivity index (χ2v) is 9.76. The predicted octanol–water partition coefficient (Wildman–Crippen LogP) is 3.53. The summed E-state index contributed by atoms with van der Waals surface area (Å²) in [7, 11) is -3.54. The van der Waals surface area contributed by atoms with Gasteiger partial charge in [0.25, 0.3) is 0 Å². The van der Waals surface area contributed by atoms with Gasteiger partial charge in [0.1, 0.15) is 0 Å². The lowest BCUT2D eigenvalue weighted by atomic mass is 10.1. The number of ether oxygens (including phenoxy) is 1. The number of hydrogen-bond acceptors (Lipinski definition) is 6. The molecule has 0 aliphatic heterocycles. The van der Waals surface area contributed by atoms with Gasteiger partial charge in [-0.2, -0.15) is 0 Å². The van der Waals surface area contributed by atoms with Crippen LogP contribution in [-0.2, 0) is 30.8 Å². The van der Waals surface area contributed by atoms with Crippen LogP contribution in [0.1, 0.15) is 44.6 Å². The standard InChI is InChI=1S/C24H31N3O5S2/c1-2-17-25-34(30,31)21-15-13-20(14-16-21)26-24(33)27-22(28)11-6-12-23(29)32-18-7-10-19-8-4-3-5-9-19/h3-5,8-9,13-16,25H,2,6-7,10-12,17-18H2,1H3,(H2,26,27,28,33). The molecule has 0 atom stereocenters. The summed E-state index contributed by atoms with van der Waals surface area (Å²) in [5.41, 5.74) is 1.74. The Balaban J connectivity index is 1.62. The highest BCUT2D eigenvalue weighted by Crippen LogP contribution is 2.14. The van der Waals surface area contributed by atoms with Crippen LogP contribution in [0.2, 0.25) is 0 Å². The monoisotopic (exact) mass is 505 g/mol. The quantitative estimate of drug-likeness (QED) is 0.217. The maximum absolute atomic E-state index is 12.1. The van der Waals surface area contributed by atoms with Crippen molar-refractivity contribution in [1.29, 1.82) is 0 Å². The van der Waals surface area contributed by atoms with Crippen molar-refractivity contribution in [3.05, 3.63) is 60.2 Å². The molecular formula is C24H31N3O5S2. The van der Waals surface area contributed by atoms with Crippen molar-refractivity contribution in [3.8, 4) is 0 Å². The third-order valence-electron chi connectivity index (χ3n) is 4.72. The Morgan fingerprint density at radius 1 is 0.971 bits per heavy atom. The molecule has 1 amide bonds. The molecule has 0 aliphatic carbocycles. The average molecular weight is 506 g/mol. The van der Waals surface area contributed by atoms with E-state index < -0.39 is 10.0 Å². The van der Waals surface area contributed by atoms with Crippen molar-refractivity contribution in [2.45, 2.75) is 50.3 Å². The zero-order chi connectivity index (χ0) is 24.8. The molecule has 34 heavy (non-hydrogen) atoms. The molecule has 0 aliphatic rings. The second-order valence-electron chi connectivity index (χ2n) is 7.59. The van der Waals surface area contributed by atoms with Crippen molar-refractivity contribution < 1.29 is 22.7 Å². The highest BCUT2D eigenvalue weighted by Gasteiger charge is 2.13. The molecule has 0 saturated heterocycles. The van der Waals surface area contributed by atoms with Crippen molar-refractivity contribution >= 4 is 44.9 Å². The minimum Gasteiger partial charge on any atom is -0.466 e. The number of esters is 1. The molecular weight excluding hydrogens is 474 g/mol. The number of aryl methyl sites for hydroxylation is 1. The molecule has 2 aromatic rings. The summed E-state index contributed by atoms with van der Waals surface area (Å²) in [6, 6.07) is 16.0. The van der Waals surface area contributed by atoms with Crippen LogP contribution < -0.4 is 15.4 Å². The summed E-state index contributed by atoms with van der Waals surface area (Å²) in [6.45, 7) is 2.60. The van der Waals surface area contributed by atoms with E-state index in [1.165, 1.54) is 17.7 Å². The van der Waals surface area contributed by atoms with Gasteiger partial charge < -0.3 is 15.4 Å². The minimum absolute atomic E-state index is 0.0909. The number of hydrogen-bond donors (Lipinski definition) is 3. The van der Waals surface area contributed by atoms with Crippen LogP contribution in [0.4, 0.5) is 5.69 Å². The molecule has 10 heteroatoms. The lowest BCUT2D eigenvalue weighted by Crippen LogP contribution is -2.34. The minimum atomic E-state index is -3.54. The number of rotatable bonds is 13. The van der Waals surface area contributed by atoms with Gasteiger partial charge in [0.15, 0.2) is 5.11 Å². The van der Waals surface area contributed by atoms with Crippen molar-refractivity contribution in [2.24, 2.45) is 0 Å². The Kier molecular flexibility index (Phi) is 11.7. The van der Waals surface area contributed by atoms with Crippen LogP contribution in [0, 0.1) is 0 Å². The third-order valence-corrected chi connectivity index (χ3v) is 6.40. The Morgan fingerprint density at radius 2 is 1.68 bits per heavy atom. The zero-order valence-electron chi connectivity index (χ0n) is 19.2. The maximum atomic E-state index is 12.1. The smallest absolute Gasteiger partial charge is 0.305 e. The summed E-state index contributed by atoms with van der Waals surface area (Å²) in [6.07, 6.45) is 2.92. The first-order valence-corrected chi connectivity index (χ1v) is 13.1. The van der Waals surface area contributed by atoms with E-state index in [1.54, 1.807) is 12.1 Å². The summed E-state index contributed by atoms with van der Waals surface area (Å²) >= 11 is 5.12. The summed E-state index contributed by atoms with van der Waals surface area (Å²) in [5.74, 6) is -0.651. The van der Waals surface area contributed by atoms with Gasteiger partial charge in [-0.25, -0.2) is 13.1 Å². The number of benzene rings is 2. The average Bonchev–Trinajstić information content (AvgIpc) is 2.81. The SMILES string of the molecule is CCCNS(=O)(=O)c1ccc(NC(=S)NC(=O)CCCC(=O)OCCCc2ccccc2)cc1. The van der Waals surface area contributed by atoms with Crippen LogP contribution in [0.15, 0.2) is 59.5 Å². The molecule has 8 nitrogen and oxygen atoms in total. The lowest BCUT2D eigenvalue weighted by Gasteiger charge is -2.11. The number of sulfonamides is 1. The maximum Gasteiger partial charge on any atom is 0.305 e. The van der Waals surface area contributed by atoms with E-state index in [0.717, 1.165) is 12.8 Å². The van der Waals surface area contributed by atoms with E-state index in [9.17, 15) is 18.0 Å². The van der Waals surface area contributed by atoms with Crippen LogP contribution in [0.3, 0.4) is 0 Å². The fourth-order valence-corrected chi connectivity index (χ4v) is 4.33. The van der Waals surface area contributed by atoms with Gasteiger partial charge in [-0.3, -0.25) is 9.59 Å². The van der Waals surface area contributed by atoms with E-state index in [0.29, 0.717) is 31.7 Å². The summed E-state index contributed by atoms with van der Waals surface area (Å²) in [4.78, 5) is 24.0. The number of carbonyl (C=O) groups is 2. The molecule has 0 heterocycles. The molecule has 2 rings (SSSR count). The van der Waals surface area contributed by atoms with Gasteiger partial charge in [-0.05, 0) is 67.7 Å². The van der Waals surface area contributed by atoms with E-state index in [4.69, 9.17) is 17.0 Å².